The van der Waals surface area contributed by atoms with Crippen molar-refractivity contribution < 1.29 is 9.47 Å². The molecule has 0 radical (unpaired) electrons. The van der Waals surface area contributed by atoms with Gasteiger partial charge in [-0.25, -0.2) is 4.98 Å². The monoisotopic (exact) mass is 285 g/mol. The van der Waals surface area contributed by atoms with Crippen LogP contribution >= 0.6 is 11.6 Å². The number of aryl methyl sites for hydroxylation is 1. The normalized spacial score (nSPS) is 23.5. The summed E-state index contributed by atoms with van der Waals surface area (Å²) >= 11 is 5.90. The van der Waals surface area contributed by atoms with Gasteiger partial charge in [0.1, 0.15) is 11.6 Å². The van der Waals surface area contributed by atoms with E-state index in [2.05, 4.69) is 14.9 Å². The first-order chi connectivity index (χ1) is 9.12. The maximum Gasteiger partial charge on any atom is 0.218 e. The van der Waals surface area contributed by atoms with E-state index in [0.29, 0.717) is 24.2 Å². The van der Waals surface area contributed by atoms with Crippen molar-refractivity contribution in [2.75, 3.05) is 30.5 Å². The number of hydrogen-bond acceptors (Lipinski definition) is 5. The van der Waals surface area contributed by atoms with Gasteiger partial charge >= 0.3 is 0 Å². The molecule has 1 aliphatic rings. The molecule has 0 spiro atoms. The number of ether oxygens (including phenoxy) is 2. The van der Waals surface area contributed by atoms with Crippen LogP contribution in [-0.4, -0.2) is 47.8 Å². The van der Waals surface area contributed by atoms with Gasteiger partial charge in [0.05, 0.1) is 24.7 Å². The Bertz CT molecular complexity index is 430. The molecule has 0 N–H and O–H groups in total. The lowest BCUT2D eigenvalue weighted by Gasteiger charge is -2.36. The molecule has 2 atom stereocenters. The van der Waals surface area contributed by atoms with E-state index in [-0.39, 0.29) is 12.2 Å². The molecule has 106 valence electrons. The van der Waals surface area contributed by atoms with Crippen molar-refractivity contribution in [3.05, 3.63) is 11.9 Å². The summed E-state index contributed by atoms with van der Waals surface area (Å²) in [6.07, 6.45) is 0.180. The molecule has 0 bridgehead atoms. The summed E-state index contributed by atoms with van der Waals surface area (Å²) in [5.41, 5.74) is 0. The first-order valence-corrected chi connectivity index (χ1v) is 7.10. The highest BCUT2D eigenvalue weighted by Gasteiger charge is 2.26. The molecular formula is C13H20ClN3O2. The van der Waals surface area contributed by atoms with E-state index in [9.17, 15) is 0 Å². The fourth-order valence-corrected chi connectivity index (χ4v) is 2.40. The molecule has 1 fully saturated rings. The third kappa shape index (κ3) is 3.70. The van der Waals surface area contributed by atoms with Crippen LogP contribution in [-0.2, 0) is 4.74 Å². The number of rotatable bonds is 4. The number of nitrogens with zero attached hydrogens (tertiary/aromatic N) is 3. The van der Waals surface area contributed by atoms with Gasteiger partial charge in [-0.2, -0.15) is 4.98 Å². The zero-order valence-electron chi connectivity index (χ0n) is 11.6. The van der Waals surface area contributed by atoms with Gasteiger partial charge in [-0.15, -0.1) is 11.6 Å². The summed E-state index contributed by atoms with van der Waals surface area (Å²) in [5.74, 6) is 2.69. The van der Waals surface area contributed by atoms with Crippen LogP contribution in [0, 0.1) is 6.92 Å². The van der Waals surface area contributed by atoms with Crippen LogP contribution in [0.25, 0.3) is 0 Å². The largest absolute Gasteiger partial charge is 0.478 e. The number of aromatic nitrogens is 2. The minimum absolute atomic E-state index is 0.0382. The van der Waals surface area contributed by atoms with Crippen molar-refractivity contribution >= 4 is 17.4 Å². The Morgan fingerprint density at radius 3 is 2.95 bits per heavy atom. The summed E-state index contributed by atoms with van der Waals surface area (Å²) in [7, 11) is 0. The average Bonchev–Trinajstić information content (AvgIpc) is 2.37. The molecule has 1 aromatic heterocycles. The Hall–Kier alpha value is -1.07. The van der Waals surface area contributed by atoms with E-state index in [1.807, 2.05) is 26.8 Å². The van der Waals surface area contributed by atoms with E-state index in [4.69, 9.17) is 21.1 Å². The first-order valence-electron chi connectivity index (χ1n) is 6.57. The lowest BCUT2D eigenvalue weighted by atomic mass is 10.2. The predicted molar refractivity (Wildman–Crippen MR) is 75.2 cm³/mol. The fourth-order valence-electron chi connectivity index (χ4n) is 2.23. The highest BCUT2D eigenvalue weighted by molar-refractivity contribution is 6.18. The zero-order valence-corrected chi connectivity index (χ0v) is 12.4. The minimum atomic E-state index is 0.0382. The Labute approximate surface area is 118 Å². The third-order valence-electron chi connectivity index (χ3n) is 2.92. The molecule has 0 aromatic carbocycles. The Kier molecular flexibility index (Phi) is 4.82. The topological polar surface area (TPSA) is 47.5 Å². The van der Waals surface area contributed by atoms with Gasteiger partial charge in [-0.1, -0.05) is 0 Å². The number of morpholine rings is 1. The lowest BCUT2D eigenvalue weighted by molar-refractivity contribution is -0.00360. The van der Waals surface area contributed by atoms with E-state index >= 15 is 0 Å². The molecule has 1 aliphatic heterocycles. The number of alkyl halides is 1. The second-order valence-electron chi connectivity index (χ2n) is 4.67. The lowest BCUT2D eigenvalue weighted by Crippen LogP contribution is -2.47. The van der Waals surface area contributed by atoms with Crippen LogP contribution in [0.15, 0.2) is 6.07 Å². The smallest absolute Gasteiger partial charge is 0.218 e. The fraction of sp³-hybridized carbons (Fsp3) is 0.692. The minimum Gasteiger partial charge on any atom is -0.478 e. The van der Waals surface area contributed by atoms with Crippen LogP contribution in [0.5, 0.6) is 5.88 Å². The molecule has 2 rings (SSSR count). The Balaban J connectivity index is 2.20. The molecule has 1 saturated heterocycles. The molecular weight excluding hydrogens is 266 g/mol. The van der Waals surface area contributed by atoms with Crippen LogP contribution in [0.1, 0.15) is 19.7 Å². The zero-order chi connectivity index (χ0) is 13.8. The molecule has 2 heterocycles. The van der Waals surface area contributed by atoms with Gasteiger partial charge in [0.25, 0.3) is 0 Å². The van der Waals surface area contributed by atoms with Gasteiger partial charge < -0.3 is 14.4 Å². The maximum atomic E-state index is 5.90. The van der Waals surface area contributed by atoms with E-state index in [0.717, 1.165) is 18.9 Å². The highest BCUT2D eigenvalue weighted by Crippen LogP contribution is 2.22. The van der Waals surface area contributed by atoms with E-state index < -0.39 is 0 Å². The van der Waals surface area contributed by atoms with Crippen molar-refractivity contribution in [2.24, 2.45) is 0 Å². The maximum absolute atomic E-state index is 5.90. The quantitative estimate of drug-likeness (QED) is 0.792. The van der Waals surface area contributed by atoms with Crippen LogP contribution in [0.3, 0.4) is 0 Å². The number of anilines is 1. The van der Waals surface area contributed by atoms with Crippen molar-refractivity contribution in [1.82, 2.24) is 9.97 Å². The average molecular weight is 286 g/mol. The van der Waals surface area contributed by atoms with E-state index in [1.165, 1.54) is 0 Å². The molecule has 0 aliphatic carbocycles. The summed E-state index contributed by atoms with van der Waals surface area (Å²) in [6, 6.07) is 1.87. The third-order valence-corrected chi connectivity index (χ3v) is 3.26. The molecule has 2 unspecified atom stereocenters. The second kappa shape index (κ2) is 6.39. The summed E-state index contributed by atoms with van der Waals surface area (Å²) in [6.45, 7) is 8.00. The number of halogens is 1. The van der Waals surface area contributed by atoms with E-state index in [1.54, 1.807) is 0 Å². The van der Waals surface area contributed by atoms with Crippen molar-refractivity contribution in [1.29, 1.82) is 0 Å². The molecule has 0 saturated carbocycles. The molecule has 19 heavy (non-hydrogen) atoms. The van der Waals surface area contributed by atoms with Gasteiger partial charge in [-0.05, 0) is 20.8 Å². The summed E-state index contributed by atoms with van der Waals surface area (Å²) < 4.78 is 11.2. The van der Waals surface area contributed by atoms with Gasteiger partial charge in [-0.3, -0.25) is 0 Å². The molecule has 5 nitrogen and oxygen atoms in total. The SMILES string of the molecule is CCOc1cc(N2CC(C)OC(CCl)C2)nc(C)n1. The molecule has 6 heteroatoms. The van der Waals surface area contributed by atoms with Crippen LogP contribution < -0.4 is 9.64 Å². The Morgan fingerprint density at radius 1 is 1.47 bits per heavy atom. The second-order valence-corrected chi connectivity index (χ2v) is 4.98. The van der Waals surface area contributed by atoms with Gasteiger partial charge in [0.15, 0.2) is 0 Å². The van der Waals surface area contributed by atoms with Crippen LogP contribution in [0.2, 0.25) is 0 Å². The molecule has 1 aromatic rings. The molecule has 0 amide bonds. The predicted octanol–water partition coefficient (Wildman–Crippen LogP) is 2.02. The highest BCUT2D eigenvalue weighted by atomic mass is 35.5. The standard InChI is InChI=1S/C13H20ClN3O2/c1-4-18-13-5-12(15-10(3)16-13)17-7-9(2)19-11(6-14)8-17/h5,9,11H,4,6-8H2,1-3H3. The first kappa shape index (κ1) is 14.3. The van der Waals surface area contributed by atoms with Crippen molar-refractivity contribution in [2.45, 2.75) is 33.0 Å². The summed E-state index contributed by atoms with van der Waals surface area (Å²) in [4.78, 5) is 10.9. The van der Waals surface area contributed by atoms with Crippen LogP contribution in [0.4, 0.5) is 5.82 Å². The van der Waals surface area contributed by atoms with Crippen molar-refractivity contribution in [3.63, 3.8) is 0 Å². The summed E-state index contributed by atoms with van der Waals surface area (Å²) in [5, 5.41) is 0. The van der Waals surface area contributed by atoms with Crippen molar-refractivity contribution in [3.8, 4) is 5.88 Å². The Morgan fingerprint density at radius 2 is 2.26 bits per heavy atom. The van der Waals surface area contributed by atoms with Gasteiger partial charge in [0, 0.05) is 19.2 Å². The number of hydrogen-bond donors (Lipinski definition) is 0. The van der Waals surface area contributed by atoms with Gasteiger partial charge in [0.2, 0.25) is 5.88 Å².